The van der Waals surface area contributed by atoms with E-state index in [4.69, 9.17) is 0 Å². The van der Waals surface area contributed by atoms with Crippen LogP contribution in [0.3, 0.4) is 0 Å². The first-order valence-electron chi connectivity index (χ1n) is 4.27. The number of amides is 1. The van der Waals surface area contributed by atoms with E-state index in [1.165, 1.54) is 6.04 Å². The molecule has 1 aliphatic rings. The molecule has 1 fully saturated rings. The van der Waals surface area contributed by atoms with E-state index in [0.717, 1.165) is 13.0 Å². The maximum atomic E-state index is 10.9. The van der Waals surface area contributed by atoms with Crippen LogP contribution in [0.15, 0.2) is 0 Å². The van der Waals surface area contributed by atoms with Crippen LogP contribution in [0.4, 0.5) is 0 Å². The predicted octanol–water partition coefficient (Wildman–Crippen LogP) is 0.767. The van der Waals surface area contributed by atoms with Gasteiger partial charge in [0.25, 0.3) is 0 Å². The zero-order valence-corrected chi connectivity index (χ0v) is 9.10. The van der Waals surface area contributed by atoms with Gasteiger partial charge in [-0.2, -0.15) is 0 Å². The first kappa shape index (κ1) is 8.78. The van der Waals surface area contributed by atoms with Gasteiger partial charge in [0, 0.05) is 13.0 Å². The van der Waals surface area contributed by atoms with Crippen LogP contribution in [-0.2, 0) is 4.79 Å². The molecule has 1 heterocycles. The standard InChI is InChI=1S/C8H17NOSi/c1-8(2,3)6-11-9-5-4-7(9)10/h4-6,11H2,1-3H3. The molecule has 0 aromatic heterocycles. The lowest BCUT2D eigenvalue weighted by molar-refractivity contribution is -0.133. The second-order valence-corrected chi connectivity index (χ2v) is 6.15. The minimum Gasteiger partial charge on any atom is -0.375 e. The van der Waals surface area contributed by atoms with E-state index in [1.54, 1.807) is 0 Å². The van der Waals surface area contributed by atoms with Crippen molar-refractivity contribution in [2.24, 2.45) is 5.41 Å². The molecule has 11 heavy (non-hydrogen) atoms. The Kier molecular flexibility index (Phi) is 2.37. The van der Waals surface area contributed by atoms with Gasteiger partial charge in [0.05, 0.1) is 0 Å². The molecule has 0 aliphatic carbocycles. The summed E-state index contributed by atoms with van der Waals surface area (Å²) >= 11 is 0. The van der Waals surface area contributed by atoms with Gasteiger partial charge in [-0.15, -0.1) is 0 Å². The lowest BCUT2D eigenvalue weighted by Crippen LogP contribution is -2.46. The van der Waals surface area contributed by atoms with Crippen LogP contribution in [0.5, 0.6) is 0 Å². The molecule has 0 N–H and O–H groups in total. The Hall–Kier alpha value is -0.313. The summed E-state index contributed by atoms with van der Waals surface area (Å²) in [6.07, 6.45) is 0.803. The minimum atomic E-state index is -0.245. The first-order chi connectivity index (χ1) is 4.99. The topological polar surface area (TPSA) is 20.3 Å². The third-order valence-corrected chi connectivity index (χ3v) is 5.01. The quantitative estimate of drug-likeness (QED) is 0.444. The highest BCUT2D eigenvalue weighted by molar-refractivity contribution is 6.38. The van der Waals surface area contributed by atoms with Crippen molar-refractivity contribution in [3.63, 3.8) is 0 Å². The van der Waals surface area contributed by atoms with Crippen molar-refractivity contribution in [3.8, 4) is 0 Å². The Balaban J connectivity index is 2.17. The molecule has 0 aromatic carbocycles. The lowest BCUT2D eigenvalue weighted by Gasteiger charge is -2.33. The van der Waals surface area contributed by atoms with Crippen LogP contribution in [0.2, 0.25) is 6.04 Å². The summed E-state index contributed by atoms with van der Waals surface area (Å²) in [5.74, 6) is 0.390. The molecule has 2 nitrogen and oxygen atoms in total. The Morgan fingerprint density at radius 2 is 2.18 bits per heavy atom. The summed E-state index contributed by atoms with van der Waals surface area (Å²) in [4.78, 5) is 10.9. The van der Waals surface area contributed by atoms with Gasteiger partial charge in [-0.1, -0.05) is 20.8 Å². The molecule has 1 rings (SSSR count). The molecular formula is C8H17NOSi. The fourth-order valence-electron chi connectivity index (χ4n) is 1.07. The van der Waals surface area contributed by atoms with Gasteiger partial charge >= 0.3 is 0 Å². The van der Waals surface area contributed by atoms with Crippen molar-refractivity contribution in [1.29, 1.82) is 0 Å². The fraction of sp³-hybridized carbons (Fsp3) is 0.875. The summed E-state index contributed by atoms with van der Waals surface area (Å²) in [5, 5.41) is 0. The number of β-lactam (4-membered cyclic amide) rings is 1. The molecule has 0 aromatic rings. The fourth-order valence-corrected chi connectivity index (χ4v) is 2.80. The number of rotatable bonds is 2. The van der Waals surface area contributed by atoms with Crippen LogP contribution in [0.1, 0.15) is 27.2 Å². The second kappa shape index (κ2) is 2.97. The van der Waals surface area contributed by atoms with Gasteiger partial charge in [-0.25, -0.2) is 0 Å². The van der Waals surface area contributed by atoms with Gasteiger partial charge < -0.3 is 4.57 Å². The molecule has 64 valence electrons. The minimum absolute atomic E-state index is 0.245. The summed E-state index contributed by atoms with van der Waals surface area (Å²) in [6.45, 7) is 7.76. The number of carbonyl (C=O) groups is 1. The number of nitrogens with zero attached hydrogens (tertiary/aromatic N) is 1. The molecule has 0 radical (unpaired) electrons. The molecule has 0 atom stereocenters. The number of hydrogen-bond donors (Lipinski definition) is 0. The average Bonchev–Trinajstić information content (AvgIpc) is 1.82. The molecule has 0 bridgehead atoms. The van der Waals surface area contributed by atoms with Crippen molar-refractivity contribution in [1.82, 2.24) is 4.57 Å². The lowest BCUT2D eigenvalue weighted by atomic mass is 10.0. The maximum Gasteiger partial charge on any atom is 0.216 e. The van der Waals surface area contributed by atoms with Crippen LogP contribution < -0.4 is 0 Å². The van der Waals surface area contributed by atoms with E-state index in [2.05, 4.69) is 25.3 Å². The highest BCUT2D eigenvalue weighted by Crippen LogP contribution is 2.20. The third-order valence-electron chi connectivity index (χ3n) is 2.08. The molecular weight excluding hydrogens is 154 g/mol. The molecule has 0 spiro atoms. The summed E-state index contributed by atoms with van der Waals surface area (Å²) < 4.78 is 2.07. The SMILES string of the molecule is CC(C)(C)C[SiH2]N1CCC1=O. The molecule has 1 aliphatic heterocycles. The van der Waals surface area contributed by atoms with E-state index in [9.17, 15) is 4.79 Å². The van der Waals surface area contributed by atoms with Crippen molar-refractivity contribution in [2.75, 3.05) is 6.54 Å². The highest BCUT2D eigenvalue weighted by Gasteiger charge is 2.24. The van der Waals surface area contributed by atoms with Gasteiger partial charge in [0.1, 0.15) is 9.68 Å². The van der Waals surface area contributed by atoms with Crippen molar-refractivity contribution in [2.45, 2.75) is 33.2 Å². The Bertz CT molecular complexity index is 162. The third kappa shape index (κ3) is 2.65. The number of hydrogen-bond acceptors (Lipinski definition) is 1. The smallest absolute Gasteiger partial charge is 0.216 e. The predicted molar refractivity (Wildman–Crippen MR) is 49.1 cm³/mol. The van der Waals surface area contributed by atoms with Gasteiger partial charge in [0.2, 0.25) is 5.91 Å². The largest absolute Gasteiger partial charge is 0.375 e. The summed E-state index contributed by atoms with van der Waals surface area (Å²) in [7, 11) is -0.245. The van der Waals surface area contributed by atoms with Gasteiger partial charge in [0.15, 0.2) is 0 Å². The monoisotopic (exact) mass is 171 g/mol. The zero-order chi connectivity index (χ0) is 8.48. The molecule has 1 amide bonds. The van der Waals surface area contributed by atoms with E-state index < -0.39 is 0 Å². The van der Waals surface area contributed by atoms with Crippen LogP contribution in [0, 0.1) is 5.41 Å². The van der Waals surface area contributed by atoms with E-state index in [-0.39, 0.29) is 9.68 Å². The average molecular weight is 171 g/mol. The molecule has 1 saturated heterocycles. The Morgan fingerprint density at radius 3 is 2.45 bits per heavy atom. The van der Waals surface area contributed by atoms with Gasteiger partial charge in [-0.05, 0) is 11.5 Å². The second-order valence-electron chi connectivity index (χ2n) is 4.44. The van der Waals surface area contributed by atoms with Crippen molar-refractivity contribution in [3.05, 3.63) is 0 Å². The van der Waals surface area contributed by atoms with E-state index in [0.29, 0.717) is 11.3 Å². The summed E-state index contributed by atoms with van der Waals surface area (Å²) in [5.41, 5.74) is 0.419. The number of carbonyl (C=O) groups excluding carboxylic acids is 1. The van der Waals surface area contributed by atoms with Gasteiger partial charge in [-0.3, -0.25) is 4.79 Å². The van der Waals surface area contributed by atoms with Crippen molar-refractivity contribution >= 4 is 15.6 Å². The normalized spacial score (nSPS) is 19.5. The highest BCUT2D eigenvalue weighted by atomic mass is 28.2. The Labute approximate surface area is 70.9 Å². The summed E-state index contributed by atoms with van der Waals surface area (Å²) in [6, 6.07) is 1.25. The molecule has 3 heteroatoms. The van der Waals surface area contributed by atoms with E-state index in [1.807, 2.05) is 0 Å². The first-order valence-corrected chi connectivity index (χ1v) is 5.90. The Morgan fingerprint density at radius 1 is 1.55 bits per heavy atom. The van der Waals surface area contributed by atoms with Crippen LogP contribution >= 0.6 is 0 Å². The van der Waals surface area contributed by atoms with Crippen molar-refractivity contribution < 1.29 is 4.79 Å². The van der Waals surface area contributed by atoms with E-state index >= 15 is 0 Å². The molecule has 0 unspecified atom stereocenters. The maximum absolute atomic E-state index is 10.9. The van der Waals surface area contributed by atoms with Crippen LogP contribution in [-0.4, -0.2) is 26.7 Å². The van der Waals surface area contributed by atoms with Crippen LogP contribution in [0.25, 0.3) is 0 Å². The molecule has 0 saturated carbocycles. The zero-order valence-electron chi connectivity index (χ0n) is 7.68.